The molecule has 0 aromatic rings. The van der Waals surface area contributed by atoms with Gasteiger partial charge in [0.1, 0.15) is 19.3 Å². The molecule has 0 saturated carbocycles. The average molecular weight is 1340 g/mol. The molecule has 0 radical (unpaired) electrons. The molecular weight excluding hydrogens is 1200 g/mol. The topological polar surface area (TPSA) is 237 Å². The van der Waals surface area contributed by atoms with Crippen molar-refractivity contribution in [2.45, 2.75) is 375 Å². The number of esters is 4. The van der Waals surface area contributed by atoms with E-state index < -0.39 is 97.5 Å². The zero-order chi connectivity index (χ0) is 67.5. The quantitative estimate of drug-likeness (QED) is 0.0222. The van der Waals surface area contributed by atoms with Gasteiger partial charge in [-0.3, -0.25) is 37.3 Å². The molecule has 0 aliphatic carbocycles. The first-order chi connectivity index (χ1) is 43.6. The van der Waals surface area contributed by atoms with Crippen LogP contribution in [0, 0.1) is 23.7 Å². The second kappa shape index (κ2) is 61.6. The maximum Gasteiger partial charge on any atom is 0.472 e. The molecule has 3 unspecified atom stereocenters. The number of phosphoric ester groups is 2. The summed E-state index contributed by atoms with van der Waals surface area (Å²) in [4.78, 5) is 72.5. The fourth-order valence-corrected chi connectivity index (χ4v) is 12.4. The van der Waals surface area contributed by atoms with E-state index in [2.05, 4.69) is 55.4 Å². The first-order valence-electron chi connectivity index (χ1n) is 37.2. The number of phosphoric acid groups is 2. The number of hydrogen-bond donors (Lipinski definition) is 3. The van der Waals surface area contributed by atoms with Gasteiger partial charge in [0.15, 0.2) is 12.2 Å². The first-order valence-corrected chi connectivity index (χ1v) is 40.2. The van der Waals surface area contributed by atoms with E-state index >= 15 is 0 Å². The Morgan fingerprint density at radius 1 is 0.275 bits per heavy atom. The molecule has 0 saturated heterocycles. The summed E-state index contributed by atoms with van der Waals surface area (Å²) in [6.07, 6.45) is 44.9. The van der Waals surface area contributed by atoms with Crippen LogP contribution in [0.5, 0.6) is 0 Å². The molecule has 0 aromatic heterocycles. The molecule has 0 aliphatic rings. The third kappa shape index (κ3) is 66.5. The van der Waals surface area contributed by atoms with Crippen LogP contribution in [0.2, 0.25) is 0 Å². The Kier molecular flexibility index (Phi) is 60.3. The molecular formula is C72H140O17P2. The van der Waals surface area contributed by atoms with Gasteiger partial charge in [0, 0.05) is 25.7 Å². The summed E-state index contributed by atoms with van der Waals surface area (Å²) in [6, 6.07) is 0. The van der Waals surface area contributed by atoms with E-state index in [0.29, 0.717) is 37.5 Å². The lowest BCUT2D eigenvalue weighted by atomic mass is 10.0. The molecule has 0 aliphatic heterocycles. The number of carbonyl (C=O) groups is 4. The zero-order valence-electron chi connectivity index (χ0n) is 59.5. The fraction of sp³-hybridized carbons (Fsp3) is 0.944. The van der Waals surface area contributed by atoms with Crippen LogP contribution in [0.25, 0.3) is 0 Å². The van der Waals surface area contributed by atoms with Gasteiger partial charge < -0.3 is 33.8 Å². The average Bonchev–Trinajstić information content (AvgIpc) is 3.30. The van der Waals surface area contributed by atoms with Crippen molar-refractivity contribution < 1.29 is 80.2 Å². The summed E-state index contributed by atoms with van der Waals surface area (Å²) in [6.45, 7) is 14.0. The predicted molar refractivity (Wildman–Crippen MR) is 367 cm³/mol. The SMILES string of the molecule is CC(C)CCCCCCCCCCCCCCCCCCCCC(=O)O[C@H](COC(=O)CCCCCCCCC(C)C)COP(=O)(O)OCC(O)COP(=O)(O)OC[C@@H](COC(=O)CCCCCCCCCCC(C)C)OC(=O)CCCCCCCCCC(C)C. The Bertz CT molecular complexity index is 1800. The van der Waals surface area contributed by atoms with Gasteiger partial charge in [-0.2, -0.15) is 0 Å². The molecule has 540 valence electrons. The summed E-state index contributed by atoms with van der Waals surface area (Å²) < 4.78 is 68.2. The molecule has 17 nitrogen and oxygen atoms in total. The molecule has 0 amide bonds. The van der Waals surface area contributed by atoms with Crippen molar-refractivity contribution in [3.63, 3.8) is 0 Å². The molecule has 0 bridgehead atoms. The van der Waals surface area contributed by atoms with E-state index in [-0.39, 0.29) is 25.7 Å². The monoisotopic (exact) mass is 1340 g/mol. The Hall–Kier alpha value is -1.94. The third-order valence-corrected chi connectivity index (χ3v) is 18.5. The lowest BCUT2D eigenvalue weighted by molar-refractivity contribution is -0.161. The minimum Gasteiger partial charge on any atom is -0.462 e. The van der Waals surface area contributed by atoms with Crippen molar-refractivity contribution in [3.05, 3.63) is 0 Å². The van der Waals surface area contributed by atoms with Crippen LogP contribution in [0.4, 0.5) is 0 Å². The Balaban J connectivity index is 5.14. The van der Waals surface area contributed by atoms with Gasteiger partial charge >= 0.3 is 39.5 Å². The van der Waals surface area contributed by atoms with Gasteiger partial charge in [-0.25, -0.2) is 9.13 Å². The molecule has 0 heterocycles. The van der Waals surface area contributed by atoms with Crippen LogP contribution < -0.4 is 0 Å². The lowest BCUT2D eigenvalue weighted by Crippen LogP contribution is -2.30. The number of unbranched alkanes of at least 4 members (excludes halogenated alkanes) is 35. The van der Waals surface area contributed by atoms with Crippen LogP contribution in [-0.4, -0.2) is 96.7 Å². The molecule has 19 heteroatoms. The third-order valence-electron chi connectivity index (χ3n) is 16.6. The maximum atomic E-state index is 13.0. The van der Waals surface area contributed by atoms with Crippen LogP contribution in [0.1, 0.15) is 357 Å². The van der Waals surface area contributed by atoms with Gasteiger partial charge in [0.25, 0.3) is 0 Å². The highest BCUT2D eigenvalue weighted by molar-refractivity contribution is 7.47. The summed E-state index contributed by atoms with van der Waals surface area (Å²) in [5, 5.41) is 10.6. The van der Waals surface area contributed by atoms with Gasteiger partial charge in [-0.15, -0.1) is 0 Å². The van der Waals surface area contributed by atoms with Crippen LogP contribution in [0.3, 0.4) is 0 Å². The molecule has 0 spiro atoms. The number of aliphatic hydroxyl groups is 1. The number of hydrogen-bond acceptors (Lipinski definition) is 15. The van der Waals surface area contributed by atoms with Gasteiger partial charge in [-0.05, 0) is 49.4 Å². The molecule has 3 N–H and O–H groups in total. The van der Waals surface area contributed by atoms with Crippen molar-refractivity contribution in [3.8, 4) is 0 Å². The number of aliphatic hydroxyl groups excluding tert-OH is 1. The van der Waals surface area contributed by atoms with E-state index in [1.165, 1.54) is 154 Å². The smallest absolute Gasteiger partial charge is 0.462 e. The van der Waals surface area contributed by atoms with Crippen LogP contribution in [-0.2, 0) is 65.4 Å². The lowest BCUT2D eigenvalue weighted by Gasteiger charge is -2.21. The maximum absolute atomic E-state index is 13.0. The van der Waals surface area contributed by atoms with Gasteiger partial charge in [0.05, 0.1) is 26.4 Å². The van der Waals surface area contributed by atoms with Crippen LogP contribution in [0.15, 0.2) is 0 Å². The Morgan fingerprint density at radius 2 is 0.462 bits per heavy atom. The van der Waals surface area contributed by atoms with Crippen molar-refractivity contribution >= 4 is 39.5 Å². The van der Waals surface area contributed by atoms with Crippen molar-refractivity contribution in [2.24, 2.45) is 23.7 Å². The summed E-state index contributed by atoms with van der Waals surface area (Å²) >= 11 is 0. The highest BCUT2D eigenvalue weighted by Crippen LogP contribution is 2.45. The summed E-state index contributed by atoms with van der Waals surface area (Å²) in [5.41, 5.74) is 0. The Morgan fingerprint density at radius 3 is 0.681 bits per heavy atom. The van der Waals surface area contributed by atoms with E-state index in [9.17, 15) is 43.2 Å². The molecule has 0 fully saturated rings. The molecule has 0 rings (SSSR count). The second-order valence-corrected chi connectivity index (χ2v) is 30.8. The van der Waals surface area contributed by atoms with E-state index in [1.807, 2.05) is 0 Å². The van der Waals surface area contributed by atoms with E-state index in [1.54, 1.807) is 0 Å². The van der Waals surface area contributed by atoms with Crippen molar-refractivity contribution in [1.29, 1.82) is 0 Å². The first kappa shape index (κ1) is 89.1. The second-order valence-electron chi connectivity index (χ2n) is 27.9. The highest BCUT2D eigenvalue weighted by Gasteiger charge is 2.30. The highest BCUT2D eigenvalue weighted by atomic mass is 31.2. The molecule has 91 heavy (non-hydrogen) atoms. The molecule has 5 atom stereocenters. The number of carbonyl (C=O) groups excluding carboxylic acids is 4. The molecule has 0 aromatic carbocycles. The number of ether oxygens (including phenoxy) is 4. The van der Waals surface area contributed by atoms with E-state index in [4.69, 9.17) is 37.0 Å². The fourth-order valence-electron chi connectivity index (χ4n) is 10.8. The number of rotatable bonds is 69. The zero-order valence-corrected chi connectivity index (χ0v) is 61.3. The predicted octanol–water partition coefficient (Wildman–Crippen LogP) is 20.5. The van der Waals surface area contributed by atoms with Gasteiger partial charge in [-0.1, -0.05) is 306 Å². The minimum atomic E-state index is -4.95. The van der Waals surface area contributed by atoms with Crippen LogP contribution >= 0.6 is 15.6 Å². The minimum absolute atomic E-state index is 0.102. The van der Waals surface area contributed by atoms with E-state index in [0.717, 1.165) is 108 Å². The normalized spacial score (nSPS) is 14.2. The standard InChI is InChI=1S/C72H140O17P2/c1-62(2)48-40-32-24-19-17-15-13-11-9-10-12-14-16-18-20-28-38-46-54-71(76)88-68(59-83-70(75)53-45-37-31-30-35-43-51-65(7)8)61-87-91(80,81)85-57-66(73)56-84-90(78,79)86-60-67(89-72(77)55-47-39-29-23-26-34-42-50-64(5)6)58-82-69(74)52-44-36-27-22-21-25-33-41-49-63(3)4/h62-68,73H,9-61H2,1-8H3,(H,78,79)(H,80,81)/t66?,67-,68-/m1/s1. The van der Waals surface area contributed by atoms with Gasteiger partial charge in [0.2, 0.25) is 0 Å². The largest absolute Gasteiger partial charge is 0.472 e. The summed E-state index contributed by atoms with van der Waals surface area (Å²) in [5.74, 6) is 0.789. The Labute approximate surface area is 556 Å². The summed E-state index contributed by atoms with van der Waals surface area (Å²) in [7, 11) is -9.90. The van der Waals surface area contributed by atoms with Crippen molar-refractivity contribution in [1.82, 2.24) is 0 Å². The van der Waals surface area contributed by atoms with Crippen molar-refractivity contribution in [2.75, 3.05) is 39.6 Å².